The molecule has 130 valence electrons. The van der Waals surface area contributed by atoms with Crippen LogP contribution in [0.1, 0.15) is 32.1 Å². The lowest BCUT2D eigenvalue weighted by molar-refractivity contribution is 0.101. The highest BCUT2D eigenvalue weighted by atomic mass is 16.2. The molecule has 0 spiro atoms. The van der Waals surface area contributed by atoms with Crippen LogP contribution in [0.15, 0.2) is 60.7 Å². The van der Waals surface area contributed by atoms with E-state index in [9.17, 15) is 9.59 Å². The maximum atomic E-state index is 12.3. The van der Waals surface area contributed by atoms with Gasteiger partial charge in [0.2, 0.25) is 5.95 Å². The molecule has 0 radical (unpaired) electrons. The SMILES string of the molecule is Cc1cc(C)nc(NC(=O)c2ccc(NC(=O)c3ccccc3)cc2)n1. The number of aromatic nitrogens is 2. The van der Waals surface area contributed by atoms with E-state index in [4.69, 9.17) is 0 Å². The lowest BCUT2D eigenvalue weighted by Gasteiger charge is -2.08. The minimum atomic E-state index is -0.309. The molecule has 3 aromatic rings. The van der Waals surface area contributed by atoms with Gasteiger partial charge in [0.05, 0.1) is 0 Å². The molecule has 6 nitrogen and oxygen atoms in total. The molecule has 0 aliphatic rings. The summed E-state index contributed by atoms with van der Waals surface area (Å²) in [6.45, 7) is 3.68. The van der Waals surface area contributed by atoms with E-state index < -0.39 is 0 Å². The molecular formula is C20H18N4O2. The predicted octanol–water partition coefficient (Wildman–Crippen LogP) is 3.60. The fourth-order valence-electron chi connectivity index (χ4n) is 2.45. The quantitative estimate of drug-likeness (QED) is 0.756. The molecule has 6 heteroatoms. The molecule has 3 rings (SSSR count). The number of nitrogens with one attached hydrogen (secondary N) is 2. The molecule has 2 aromatic carbocycles. The number of hydrogen-bond acceptors (Lipinski definition) is 4. The number of aryl methyl sites for hydroxylation is 2. The van der Waals surface area contributed by atoms with E-state index in [-0.39, 0.29) is 17.8 Å². The van der Waals surface area contributed by atoms with Crippen LogP contribution in [-0.2, 0) is 0 Å². The standard InChI is InChI=1S/C20H18N4O2/c1-13-12-14(2)22-20(21-13)24-19(26)16-8-10-17(11-9-16)23-18(25)15-6-4-3-5-7-15/h3-12H,1-2H3,(H,23,25)(H,21,22,24,26). The van der Waals surface area contributed by atoms with Crippen molar-refractivity contribution in [1.82, 2.24) is 9.97 Å². The molecule has 0 aliphatic heterocycles. The van der Waals surface area contributed by atoms with Crippen LogP contribution in [0.4, 0.5) is 11.6 Å². The summed E-state index contributed by atoms with van der Waals surface area (Å²) in [7, 11) is 0. The number of carbonyl (C=O) groups is 2. The zero-order chi connectivity index (χ0) is 18.5. The summed E-state index contributed by atoms with van der Waals surface area (Å²) in [5, 5.41) is 5.47. The van der Waals surface area contributed by atoms with Gasteiger partial charge < -0.3 is 5.32 Å². The van der Waals surface area contributed by atoms with Gasteiger partial charge in [-0.05, 0) is 56.3 Å². The summed E-state index contributed by atoms with van der Waals surface area (Å²) >= 11 is 0. The zero-order valence-corrected chi connectivity index (χ0v) is 14.5. The monoisotopic (exact) mass is 346 g/mol. The Morgan fingerprint density at radius 1 is 0.731 bits per heavy atom. The minimum Gasteiger partial charge on any atom is -0.322 e. The van der Waals surface area contributed by atoms with Crippen LogP contribution in [0.2, 0.25) is 0 Å². The van der Waals surface area contributed by atoms with E-state index in [2.05, 4.69) is 20.6 Å². The number of hydrogen-bond donors (Lipinski definition) is 2. The molecule has 0 atom stereocenters. The Morgan fingerprint density at radius 2 is 1.27 bits per heavy atom. The van der Waals surface area contributed by atoms with Crippen molar-refractivity contribution in [2.45, 2.75) is 13.8 Å². The first kappa shape index (κ1) is 17.3. The maximum Gasteiger partial charge on any atom is 0.258 e. The molecule has 0 saturated carbocycles. The Bertz CT molecular complexity index is 918. The smallest absolute Gasteiger partial charge is 0.258 e. The average Bonchev–Trinajstić information content (AvgIpc) is 2.62. The van der Waals surface area contributed by atoms with E-state index in [1.54, 1.807) is 48.5 Å². The zero-order valence-electron chi connectivity index (χ0n) is 14.5. The number of rotatable bonds is 4. The van der Waals surface area contributed by atoms with Crippen LogP contribution in [-0.4, -0.2) is 21.8 Å². The lowest BCUT2D eigenvalue weighted by Crippen LogP contribution is -2.15. The molecule has 0 unspecified atom stereocenters. The van der Waals surface area contributed by atoms with Crippen molar-refractivity contribution in [1.29, 1.82) is 0 Å². The van der Waals surface area contributed by atoms with Crippen LogP contribution in [0, 0.1) is 13.8 Å². The highest BCUT2D eigenvalue weighted by Crippen LogP contribution is 2.13. The first-order valence-corrected chi connectivity index (χ1v) is 8.11. The second kappa shape index (κ2) is 7.57. The van der Waals surface area contributed by atoms with Gasteiger partial charge in [0.25, 0.3) is 11.8 Å². The van der Waals surface area contributed by atoms with Crippen LogP contribution >= 0.6 is 0 Å². The molecule has 2 amide bonds. The van der Waals surface area contributed by atoms with E-state index in [0.717, 1.165) is 11.4 Å². The molecule has 0 saturated heterocycles. The number of nitrogens with zero attached hydrogens (tertiary/aromatic N) is 2. The summed E-state index contributed by atoms with van der Waals surface area (Å²) in [6.07, 6.45) is 0. The fourth-order valence-corrected chi connectivity index (χ4v) is 2.45. The fraction of sp³-hybridized carbons (Fsp3) is 0.100. The van der Waals surface area contributed by atoms with Gasteiger partial charge >= 0.3 is 0 Å². The van der Waals surface area contributed by atoms with Gasteiger partial charge in [-0.25, -0.2) is 9.97 Å². The molecule has 26 heavy (non-hydrogen) atoms. The van der Waals surface area contributed by atoms with Gasteiger partial charge in [-0.15, -0.1) is 0 Å². The summed E-state index contributed by atoms with van der Waals surface area (Å²) in [5.74, 6) is -0.240. The summed E-state index contributed by atoms with van der Waals surface area (Å²) in [5.41, 5.74) is 3.20. The van der Waals surface area contributed by atoms with Gasteiger partial charge in [-0.2, -0.15) is 0 Å². The first-order chi connectivity index (χ1) is 12.5. The molecule has 0 bridgehead atoms. The number of carbonyl (C=O) groups excluding carboxylic acids is 2. The minimum absolute atomic E-state index is 0.202. The third-order valence-corrected chi connectivity index (χ3v) is 3.65. The molecule has 1 heterocycles. The molecule has 1 aromatic heterocycles. The first-order valence-electron chi connectivity index (χ1n) is 8.11. The van der Waals surface area contributed by atoms with Gasteiger partial charge in [0, 0.05) is 28.2 Å². The van der Waals surface area contributed by atoms with Crippen LogP contribution < -0.4 is 10.6 Å². The second-order valence-electron chi connectivity index (χ2n) is 5.83. The Morgan fingerprint density at radius 3 is 1.88 bits per heavy atom. The van der Waals surface area contributed by atoms with Crippen molar-refractivity contribution in [2.75, 3.05) is 10.6 Å². The van der Waals surface area contributed by atoms with Crippen molar-refractivity contribution in [3.63, 3.8) is 0 Å². The topological polar surface area (TPSA) is 84.0 Å². The summed E-state index contributed by atoms with van der Waals surface area (Å²) < 4.78 is 0. The van der Waals surface area contributed by atoms with Gasteiger partial charge in [0.15, 0.2) is 0 Å². The normalized spacial score (nSPS) is 10.2. The highest BCUT2D eigenvalue weighted by Gasteiger charge is 2.10. The largest absolute Gasteiger partial charge is 0.322 e. The number of benzene rings is 2. The third kappa shape index (κ3) is 4.30. The van der Waals surface area contributed by atoms with Crippen LogP contribution in [0.5, 0.6) is 0 Å². The Balaban J connectivity index is 1.67. The van der Waals surface area contributed by atoms with Crippen molar-refractivity contribution in [3.05, 3.63) is 83.2 Å². The van der Waals surface area contributed by atoms with Crippen LogP contribution in [0.25, 0.3) is 0 Å². The average molecular weight is 346 g/mol. The van der Waals surface area contributed by atoms with Crippen molar-refractivity contribution < 1.29 is 9.59 Å². The maximum absolute atomic E-state index is 12.3. The Kier molecular flexibility index (Phi) is 5.03. The van der Waals surface area contributed by atoms with E-state index >= 15 is 0 Å². The number of anilines is 2. The van der Waals surface area contributed by atoms with Crippen molar-refractivity contribution in [3.8, 4) is 0 Å². The van der Waals surface area contributed by atoms with Crippen LogP contribution in [0.3, 0.4) is 0 Å². The summed E-state index contributed by atoms with van der Waals surface area (Å²) in [6, 6.07) is 17.4. The van der Waals surface area contributed by atoms with E-state index in [0.29, 0.717) is 16.8 Å². The predicted molar refractivity (Wildman–Crippen MR) is 100 cm³/mol. The van der Waals surface area contributed by atoms with E-state index in [1.165, 1.54) is 0 Å². The molecular weight excluding hydrogens is 328 g/mol. The third-order valence-electron chi connectivity index (χ3n) is 3.65. The molecule has 2 N–H and O–H groups in total. The Hall–Kier alpha value is -3.54. The molecule has 0 aliphatic carbocycles. The van der Waals surface area contributed by atoms with Gasteiger partial charge in [-0.3, -0.25) is 14.9 Å². The molecule has 0 fully saturated rings. The summed E-state index contributed by atoms with van der Waals surface area (Å²) in [4.78, 5) is 32.8. The van der Waals surface area contributed by atoms with Gasteiger partial charge in [0.1, 0.15) is 0 Å². The lowest BCUT2D eigenvalue weighted by atomic mass is 10.1. The van der Waals surface area contributed by atoms with Crippen molar-refractivity contribution >= 4 is 23.5 Å². The van der Waals surface area contributed by atoms with E-state index in [1.807, 2.05) is 26.0 Å². The highest BCUT2D eigenvalue weighted by molar-refractivity contribution is 6.05. The van der Waals surface area contributed by atoms with Crippen molar-refractivity contribution in [2.24, 2.45) is 0 Å². The second-order valence-corrected chi connectivity index (χ2v) is 5.83. The Labute approximate surface area is 151 Å². The van der Waals surface area contributed by atoms with Gasteiger partial charge in [-0.1, -0.05) is 18.2 Å². The number of amides is 2.